The Morgan fingerprint density at radius 1 is 1.13 bits per heavy atom. The van der Waals surface area contributed by atoms with Gasteiger partial charge in [0.1, 0.15) is 16.5 Å². The van der Waals surface area contributed by atoms with Crippen LogP contribution in [-0.2, 0) is 6.18 Å². The fourth-order valence-electron chi connectivity index (χ4n) is 7.74. The highest BCUT2D eigenvalue weighted by atomic mass is 35.5. The summed E-state index contributed by atoms with van der Waals surface area (Å²) in [5, 5.41) is 16.8. The lowest BCUT2D eigenvalue weighted by atomic mass is 9.52. The molecule has 4 bridgehead atoms. The summed E-state index contributed by atoms with van der Waals surface area (Å²) in [7, 11) is 1.53. The van der Waals surface area contributed by atoms with Gasteiger partial charge in [-0.2, -0.15) is 13.2 Å². The van der Waals surface area contributed by atoms with Crippen molar-refractivity contribution in [3.63, 3.8) is 0 Å². The fraction of sp³-hybridized carbons (Fsp3) is 0.630. The van der Waals surface area contributed by atoms with E-state index in [1.54, 1.807) is 6.07 Å². The van der Waals surface area contributed by atoms with E-state index >= 15 is 0 Å². The third kappa shape index (κ3) is 5.02. The van der Waals surface area contributed by atoms with E-state index in [1.165, 1.54) is 20.0 Å². The van der Waals surface area contributed by atoms with Crippen molar-refractivity contribution in [2.45, 2.75) is 68.8 Å². The first-order chi connectivity index (χ1) is 18.1. The second-order valence-electron chi connectivity index (χ2n) is 11.6. The molecule has 206 valence electrons. The molecule has 38 heavy (non-hydrogen) atoms. The third-order valence-electron chi connectivity index (χ3n) is 9.01. The van der Waals surface area contributed by atoms with Crippen LogP contribution in [0.2, 0.25) is 5.15 Å². The highest BCUT2D eigenvalue weighted by Crippen LogP contribution is 2.57. The van der Waals surface area contributed by atoms with Crippen LogP contribution in [0.1, 0.15) is 50.5 Å². The Labute approximate surface area is 225 Å². The van der Waals surface area contributed by atoms with Gasteiger partial charge >= 0.3 is 6.18 Å². The Bertz CT molecular complexity index is 1170. The standard InChI is InChI=1S/C27H33ClF3N5O2/c1-38-22-10-19(2-3-21(22)34-25-32-14-20(24(28)35-25)27(29,30)31)33-18-4-6-36(7-5-18)23-16-8-15-9-17(23)13-26(37,11-15)12-16/h2-3,10,14-18,23,33,37H,4-9,11-13H2,1H3,(H,32,34,35). The van der Waals surface area contributed by atoms with Crippen LogP contribution >= 0.6 is 11.6 Å². The van der Waals surface area contributed by atoms with Crippen molar-refractivity contribution >= 4 is 28.9 Å². The van der Waals surface area contributed by atoms with Gasteiger partial charge in [-0.25, -0.2) is 9.97 Å². The van der Waals surface area contributed by atoms with Crippen LogP contribution < -0.4 is 15.4 Å². The zero-order valence-corrected chi connectivity index (χ0v) is 22.0. The Morgan fingerprint density at radius 2 is 1.84 bits per heavy atom. The van der Waals surface area contributed by atoms with Crippen molar-refractivity contribution in [1.82, 2.24) is 14.9 Å². The third-order valence-corrected chi connectivity index (χ3v) is 9.30. The minimum absolute atomic E-state index is 0.0497. The smallest absolute Gasteiger partial charge is 0.420 e. The van der Waals surface area contributed by atoms with E-state index in [2.05, 4.69) is 25.5 Å². The molecule has 1 aliphatic heterocycles. The Balaban J connectivity index is 1.06. The van der Waals surface area contributed by atoms with Gasteiger partial charge in [-0.05, 0) is 74.8 Å². The summed E-state index contributed by atoms with van der Waals surface area (Å²) < 4.78 is 44.3. The zero-order chi connectivity index (χ0) is 26.7. The normalized spacial score (nSPS) is 31.4. The van der Waals surface area contributed by atoms with E-state index in [1.807, 2.05) is 12.1 Å². The number of hydrogen-bond donors (Lipinski definition) is 3. The van der Waals surface area contributed by atoms with Crippen LogP contribution in [0.15, 0.2) is 24.4 Å². The number of aliphatic hydroxyl groups is 1. The molecule has 7 rings (SSSR count). The van der Waals surface area contributed by atoms with Crippen LogP contribution in [-0.4, -0.2) is 57.9 Å². The molecule has 2 heterocycles. The van der Waals surface area contributed by atoms with Crippen molar-refractivity contribution in [2.24, 2.45) is 17.8 Å². The van der Waals surface area contributed by atoms with Gasteiger partial charge in [0.05, 0.1) is 18.4 Å². The highest BCUT2D eigenvalue weighted by molar-refractivity contribution is 6.30. The Kier molecular flexibility index (Phi) is 6.63. The number of methoxy groups -OCH3 is 1. The molecule has 0 spiro atoms. The van der Waals surface area contributed by atoms with E-state index in [0.717, 1.165) is 56.8 Å². The first kappa shape index (κ1) is 26.0. The highest BCUT2D eigenvalue weighted by Gasteiger charge is 2.56. The number of rotatable bonds is 6. The van der Waals surface area contributed by atoms with Gasteiger partial charge < -0.3 is 20.5 Å². The summed E-state index contributed by atoms with van der Waals surface area (Å²) in [6.07, 6.45) is 3.68. The van der Waals surface area contributed by atoms with Crippen molar-refractivity contribution < 1.29 is 23.0 Å². The molecule has 3 N–H and O–H groups in total. The molecule has 1 aromatic carbocycles. The van der Waals surface area contributed by atoms with Gasteiger partial charge in [-0.1, -0.05) is 11.6 Å². The number of ether oxygens (including phenoxy) is 1. The SMILES string of the molecule is COc1cc(NC2CCN(C3C4CC5CC3CC(O)(C5)C4)CC2)ccc1Nc1ncc(C(F)(F)F)c(Cl)n1. The van der Waals surface area contributed by atoms with Crippen molar-refractivity contribution in [3.05, 3.63) is 35.1 Å². The number of nitrogens with one attached hydrogen (secondary N) is 2. The van der Waals surface area contributed by atoms with E-state index in [0.29, 0.717) is 41.6 Å². The largest absolute Gasteiger partial charge is 0.494 e. The predicted octanol–water partition coefficient (Wildman–Crippen LogP) is 5.72. The lowest BCUT2D eigenvalue weighted by Crippen LogP contribution is -2.62. The molecule has 5 aliphatic rings. The van der Waals surface area contributed by atoms with Crippen molar-refractivity contribution in [1.29, 1.82) is 0 Å². The summed E-state index contributed by atoms with van der Waals surface area (Å²) >= 11 is 5.72. The Hall–Kier alpha value is -2.30. The monoisotopic (exact) mass is 551 g/mol. The molecule has 1 aromatic heterocycles. The number of halogens is 4. The summed E-state index contributed by atoms with van der Waals surface area (Å²) in [6, 6.07) is 6.51. The number of piperidine rings is 1. The van der Waals surface area contributed by atoms with Crippen LogP contribution in [0.3, 0.4) is 0 Å². The molecule has 0 amide bonds. The molecule has 4 saturated carbocycles. The molecule has 1 saturated heterocycles. The van der Waals surface area contributed by atoms with E-state index in [-0.39, 0.29) is 5.95 Å². The minimum Gasteiger partial charge on any atom is -0.494 e. The van der Waals surface area contributed by atoms with Crippen LogP contribution in [0.4, 0.5) is 30.5 Å². The maximum absolute atomic E-state index is 12.9. The molecule has 2 aromatic rings. The van der Waals surface area contributed by atoms with Crippen molar-refractivity contribution in [2.75, 3.05) is 30.8 Å². The molecule has 0 radical (unpaired) electrons. The number of benzene rings is 1. The molecular formula is C27H33ClF3N5O2. The van der Waals surface area contributed by atoms with Gasteiger partial charge in [-0.3, -0.25) is 4.90 Å². The van der Waals surface area contributed by atoms with E-state index in [9.17, 15) is 18.3 Å². The minimum atomic E-state index is -4.62. The number of alkyl halides is 3. The average molecular weight is 552 g/mol. The molecule has 11 heteroatoms. The van der Waals surface area contributed by atoms with Crippen molar-refractivity contribution in [3.8, 4) is 5.75 Å². The quantitative estimate of drug-likeness (QED) is 0.396. The predicted molar refractivity (Wildman–Crippen MR) is 139 cm³/mol. The van der Waals surface area contributed by atoms with Gasteiger partial charge in [0.2, 0.25) is 5.95 Å². The number of hydrogen-bond acceptors (Lipinski definition) is 7. The van der Waals surface area contributed by atoms with Gasteiger partial charge in [-0.15, -0.1) is 0 Å². The zero-order valence-electron chi connectivity index (χ0n) is 21.3. The topological polar surface area (TPSA) is 82.5 Å². The molecule has 2 atom stereocenters. The molecule has 4 aliphatic carbocycles. The second kappa shape index (κ2) is 9.71. The average Bonchev–Trinajstić information content (AvgIpc) is 2.84. The summed E-state index contributed by atoms with van der Waals surface area (Å²) in [5.41, 5.74) is -0.0399. The summed E-state index contributed by atoms with van der Waals surface area (Å²) in [5.74, 6) is 2.47. The second-order valence-corrected chi connectivity index (χ2v) is 11.9. The van der Waals surface area contributed by atoms with Crippen LogP contribution in [0.5, 0.6) is 5.75 Å². The van der Waals surface area contributed by atoms with Crippen LogP contribution in [0.25, 0.3) is 0 Å². The van der Waals surface area contributed by atoms with E-state index < -0.39 is 22.5 Å². The first-order valence-corrected chi connectivity index (χ1v) is 13.8. The lowest BCUT2D eigenvalue weighted by Gasteiger charge is -2.61. The maximum atomic E-state index is 12.9. The molecular weight excluding hydrogens is 519 g/mol. The summed E-state index contributed by atoms with van der Waals surface area (Å²) in [6.45, 7) is 2.11. The van der Waals surface area contributed by atoms with Gasteiger partial charge in [0.25, 0.3) is 0 Å². The maximum Gasteiger partial charge on any atom is 0.420 e. The van der Waals surface area contributed by atoms with Crippen LogP contribution in [0, 0.1) is 17.8 Å². The van der Waals surface area contributed by atoms with Gasteiger partial charge in [0.15, 0.2) is 0 Å². The molecule has 5 fully saturated rings. The number of aromatic nitrogens is 2. The first-order valence-electron chi connectivity index (χ1n) is 13.4. The molecule has 7 nitrogen and oxygen atoms in total. The van der Waals surface area contributed by atoms with E-state index in [4.69, 9.17) is 16.3 Å². The summed E-state index contributed by atoms with van der Waals surface area (Å²) in [4.78, 5) is 10.2. The lowest BCUT2D eigenvalue weighted by molar-refractivity contribution is -0.161. The number of likely N-dealkylation sites (tertiary alicyclic amines) is 1. The van der Waals surface area contributed by atoms with Gasteiger partial charge in [0, 0.05) is 43.1 Å². The Morgan fingerprint density at radius 3 is 2.45 bits per heavy atom. The molecule has 2 unspecified atom stereocenters. The number of anilines is 3. The number of nitrogens with zero attached hydrogens (tertiary/aromatic N) is 3. The fourth-order valence-corrected chi connectivity index (χ4v) is 7.98.